The second kappa shape index (κ2) is 43.4. The molecule has 0 saturated heterocycles. The number of carbonyl (C=O) groups is 3. The van der Waals surface area contributed by atoms with Crippen molar-refractivity contribution in [2.75, 3.05) is 13.2 Å². The number of rotatable bonds is 41. The lowest BCUT2D eigenvalue weighted by molar-refractivity contribution is -0.166. The summed E-state index contributed by atoms with van der Waals surface area (Å²) in [7, 11) is 0. The summed E-state index contributed by atoms with van der Waals surface area (Å²) >= 11 is 0. The van der Waals surface area contributed by atoms with Crippen LogP contribution in [0, 0.1) is 0 Å². The summed E-state index contributed by atoms with van der Waals surface area (Å²) in [4.78, 5) is 37.5. The zero-order valence-electron chi connectivity index (χ0n) is 35.7. The molecule has 0 aromatic rings. The van der Waals surface area contributed by atoms with Crippen molar-refractivity contribution in [3.63, 3.8) is 0 Å². The first-order chi connectivity index (χ1) is 26.5. The Bertz CT molecular complexity index is 922. The second-order valence-corrected chi connectivity index (χ2v) is 15.3. The van der Waals surface area contributed by atoms with Crippen molar-refractivity contribution < 1.29 is 28.6 Å². The summed E-state index contributed by atoms with van der Waals surface area (Å²) in [5, 5.41) is 0. The molecule has 0 aliphatic carbocycles. The van der Waals surface area contributed by atoms with Gasteiger partial charge >= 0.3 is 17.9 Å². The Balaban J connectivity index is 4.27. The first-order valence-corrected chi connectivity index (χ1v) is 23.0. The maximum atomic E-state index is 12.6. The molecular formula is C48H86O6. The molecule has 6 heteroatoms. The van der Waals surface area contributed by atoms with Gasteiger partial charge in [-0.15, -0.1) is 0 Å². The molecule has 0 aliphatic rings. The highest BCUT2D eigenvalue weighted by Gasteiger charge is 2.19. The summed E-state index contributed by atoms with van der Waals surface area (Å²) in [5.41, 5.74) is 0. The normalized spacial score (nSPS) is 12.3. The van der Waals surface area contributed by atoms with Gasteiger partial charge < -0.3 is 14.2 Å². The minimum Gasteiger partial charge on any atom is -0.462 e. The molecular weight excluding hydrogens is 673 g/mol. The van der Waals surface area contributed by atoms with Crippen LogP contribution in [-0.4, -0.2) is 37.2 Å². The Morgan fingerprint density at radius 3 is 1.06 bits per heavy atom. The van der Waals surface area contributed by atoms with Gasteiger partial charge in [-0.25, -0.2) is 0 Å². The Morgan fingerprint density at radius 1 is 0.389 bits per heavy atom. The Labute approximate surface area is 334 Å². The van der Waals surface area contributed by atoms with Gasteiger partial charge in [0.05, 0.1) is 6.42 Å². The van der Waals surface area contributed by atoms with E-state index in [2.05, 4.69) is 45.1 Å². The van der Waals surface area contributed by atoms with E-state index in [0.29, 0.717) is 12.8 Å². The van der Waals surface area contributed by atoms with Crippen molar-refractivity contribution in [2.24, 2.45) is 0 Å². The van der Waals surface area contributed by atoms with Gasteiger partial charge in [-0.2, -0.15) is 0 Å². The Hall–Kier alpha value is -2.37. The van der Waals surface area contributed by atoms with E-state index in [1.54, 1.807) is 6.08 Å². The SMILES string of the molecule is CC/C=C\C/C=C\C/C=C\CC(=O)OC(COC(=O)CCCCCCCCCCC)COC(=O)CCCCCCCCCCCCCCCCCCCC. The molecule has 0 saturated carbocycles. The zero-order valence-corrected chi connectivity index (χ0v) is 35.7. The largest absolute Gasteiger partial charge is 0.462 e. The molecule has 0 heterocycles. The van der Waals surface area contributed by atoms with Gasteiger partial charge in [0.1, 0.15) is 13.2 Å². The summed E-state index contributed by atoms with van der Waals surface area (Å²) in [6.07, 6.45) is 48.9. The van der Waals surface area contributed by atoms with Gasteiger partial charge in [-0.1, -0.05) is 218 Å². The number of allylic oxidation sites excluding steroid dienone is 5. The summed E-state index contributed by atoms with van der Waals surface area (Å²) in [6.45, 7) is 6.41. The minimum atomic E-state index is -0.813. The van der Waals surface area contributed by atoms with Crippen molar-refractivity contribution in [1.29, 1.82) is 0 Å². The van der Waals surface area contributed by atoms with Gasteiger partial charge in [-0.05, 0) is 32.1 Å². The number of hydrogen-bond acceptors (Lipinski definition) is 6. The lowest BCUT2D eigenvalue weighted by atomic mass is 10.0. The second-order valence-electron chi connectivity index (χ2n) is 15.3. The molecule has 54 heavy (non-hydrogen) atoms. The smallest absolute Gasteiger partial charge is 0.310 e. The molecule has 0 aromatic heterocycles. The van der Waals surface area contributed by atoms with Crippen LogP contribution in [0.1, 0.15) is 233 Å². The van der Waals surface area contributed by atoms with Crippen molar-refractivity contribution in [2.45, 2.75) is 239 Å². The Kier molecular flexibility index (Phi) is 41.5. The van der Waals surface area contributed by atoms with Crippen LogP contribution in [0.25, 0.3) is 0 Å². The highest BCUT2D eigenvalue weighted by Crippen LogP contribution is 2.15. The van der Waals surface area contributed by atoms with E-state index in [9.17, 15) is 14.4 Å². The van der Waals surface area contributed by atoms with Gasteiger partial charge in [0, 0.05) is 12.8 Å². The van der Waals surface area contributed by atoms with E-state index in [-0.39, 0.29) is 31.6 Å². The number of unbranched alkanes of at least 4 members (excludes halogenated alkanes) is 25. The predicted molar refractivity (Wildman–Crippen MR) is 229 cm³/mol. The average Bonchev–Trinajstić information content (AvgIpc) is 3.17. The standard InChI is InChI=1S/C48H86O6/c1-4-7-10-13-16-19-20-21-22-23-24-25-26-27-30-32-35-38-41-47(50)53-44-45(54-48(51)42-39-36-33-29-18-15-12-9-6-3)43-52-46(49)40-37-34-31-28-17-14-11-8-5-2/h9,12,18,29,36,39,45H,4-8,10-11,13-17,19-28,30-35,37-38,40-44H2,1-3H3/b12-9-,29-18-,39-36-. The molecule has 1 atom stereocenters. The van der Waals surface area contributed by atoms with Crippen LogP contribution < -0.4 is 0 Å². The Morgan fingerprint density at radius 2 is 0.704 bits per heavy atom. The third-order valence-corrected chi connectivity index (χ3v) is 9.94. The van der Waals surface area contributed by atoms with Crippen LogP contribution in [0.3, 0.4) is 0 Å². The summed E-state index contributed by atoms with van der Waals surface area (Å²) in [5.74, 6) is -1.03. The molecule has 0 fully saturated rings. The quantitative estimate of drug-likeness (QED) is 0.0267. The molecule has 0 N–H and O–H groups in total. The van der Waals surface area contributed by atoms with Crippen LogP contribution in [0.5, 0.6) is 0 Å². The molecule has 0 radical (unpaired) electrons. The van der Waals surface area contributed by atoms with Crippen molar-refractivity contribution >= 4 is 17.9 Å². The van der Waals surface area contributed by atoms with Gasteiger partial charge in [0.15, 0.2) is 6.10 Å². The van der Waals surface area contributed by atoms with E-state index in [1.807, 2.05) is 6.08 Å². The fourth-order valence-electron chi connectivity index (χ4n) is 6.51. The number of esters is 3. The minimum absolute atomic E-state index is 0.105. The van der Waals surface area contributed by atoms with E-state index in [0.717, 1.165) is 57.8 Å². The number of hydrogen-bond donors (Lipinski definition) is 0. The van der Waals surface area contributed by atoms with Crippen LogP contribution in [-0.2, 0) is 28.6 Å². The van der Waals surface area contributed by atoms with E-state index in [4.69, 9.17) is 14.2 Å². The molecule has 0 amide bonds. The monoisotopic (exact) mass is 759 g/mol. The van der Waals surface area contributed by atoms with E-state index >= 15 is 0 Å². The lowest BCUT2D eigenvalue weighted by Crippen LogP contribution is -2.30. The molecule has 0 rings (SSSR count). The van der Waals surface area contributed by atoms with Crippen molar-refractivity contribution in [3.8, 4) is 0 Å². The zero-order chi connectivity index (χ0) is 39.4. The topological polar surface area (TPSA) is 78.9 Å². The molecule has 0 bridgehead atoms. The molecule has 0 spiro atoms. The third kappa shape index (κ3) is 40.8. The highest BCUT2D eigenvalue weighted by atomic mass is 16.6. The van der Waals surface area contributed by atoms with Crippen molar-refractivity contribution in [1.82, 2.24) is 0 Å². The van der Waals surface area contributed by atoms with Gasteiger partial charge in [0.25, 0.3) is 0 Å². The maximum Gasteiger partial charge on any atom is 0.310 e. The fourth-order valence-corrected chi connectivity index (χ4v) is 6.51. The first kappa shape index (κ1) is 51.6. The molecule has 314 valence electrons. The maximum absolute atomic E-state index is 12.6. The number of ether oxygens (including phenoxy) is 3. The molecule has 6 nitrogen and oxygen atoms in total. The van der Waals surface area contributed by atoms with Crippen LogP contribution in [0.2, 0.25) is 0 Å². The molecule has 1 unspecified atom stereocenters. The number of carbonyl (C=O) groups excluding carboxylic acids is 3. The molecule has 0 aliphatic heterocycles. The predicted octanol–water partition coefficient (Wildman–Crippen LogP) is 14.6. The van der Waals surface area contributed by atoms with E-state index in [1.165, 1.54) is 135 Å². The lowest BCUT2D eigenvalue weighted by Gasteiger charge is -2.18. The van der Waals surface area contributed by atoms with Crippen LogP contribution in [0.15, 0.2) is 36.5 Å². The summed E-state index contributed by atoms with van der Waals surface area (Å²) < 4.78 is 16.5. The fraction of sp³-hybridized carbons (Fsp3) is 0.812. The van der Waals surface area contributed by atoms with Gasteiger partial charge in [0.2, 0.25) is 0 Å². The highest BCUT2D eigenvalue weighted by molar-refractivity contribution is 5.72. The average molecular weight is 759 g/mol. The molecule has 0 aromatic carbocycles. The van der Waals surface area contributed by atoms with Crippen LogP contribution >= 0.6 is 0 Å². The third-order valence-electron chi connectivity index (χ3n) is 9.94. The summed E-state index contributed by atoms with van der Waals surface area (Å²) in [6, 6.07) is 0. The van der Waals surface area contributed by atoms with Crippen molar-refractivity contribution in [3.05, 3.63) is 36.5 Å². The van der Waals surface area contributed by atoms with Gasteiger partial charge in [-0.3, -0.25) is 14.4 Å². The first-order valence-electron chi connectivity index (χ1n) is 23.0. The van der Waals surface area contributed by atoms with E-state index < -0.39 is 12.1 Å². The van der Waals surface area contributed by atoms with Crippen LogP contribution in [0.4, 0.5) is 0 Å².